The van der Waals surface area contributed by atoms with E-state index in [2.05, 4.69) is 15.3 Å². The Morgan fingerprint density at radius 1 is 0.955 bits per heavy atom. The molecule has 5 N–H and O–H groups in total. The second kappa shape index (κ2) is 8.48. The minimum absolute atomic E-state index is 0. The van der Waals surface area contributed by atoms with E-state index in [1.165, 1.54) is 0 Å². The molecule has 8 heteroatoms. The molecule has 116 valence electrons. The predicted molar refractivity (Wildman–Crippen MR) is 96.7 cm³/mol. The quantitative estimate of drug-likeness (QED) is 0.563. The number of guanidine groups is 2. The zero-order valence-corrected chi connectivity index (χ0v) is 13.7. The molecule has 22 heavy (non-hydrogen) atoms. The first-order valence-electron chi connectivity index (χ1n) is 5.99. The molecule has 2 aromatic carbocycles. The Balaban J connectivity index is 0.00000242. The van der Waals surface area contributed by atoms with Gasteiger partial charge in [-0.05, 0) is 36.4 Å². The van der Waals surface area contributed by atoms with E-state index in [-0.39, 0.29) is 24.3 Å². The third-order valence-corrected chi connectivity index (χ3v) is 2.85. The van der Waals surface area contributed by atoms with Crippen LogP contribution in [0.2, 0.25) is 10.0 Å². The van der Waals surface area contributed by atoms with Crippen molar-refractivity contribution in [3.8, 4) is 0 Å². The van der Waals surface area contributed by atoms with E-state index >= 15 is 0 Å². The van der Waals surface area contributed by atoms with Crippen molar-refractivity contribution in [1.82, 2.24) is 0 Å². The molecule has 0 bridgehead atoms. The van der Waals surface area contributed by atoms with Crippen molar-refractivity contribution < 1.29 is 0 Å². The van der Waals surface area contributed by atoms with Crippen molar-refractivity contribution in [3.63, 3.8) is 0 Å². The van der Waals surface area contributed by atoms with Gasteiger partial charge in [0.15, 0.2) is 0 Å². The zero-order chi connectivity index (χ0) is 15.2. The minimum Gasteiger partial charge on any atom is -0.369 e. The average molecular weight is 359 g/mol. The standard InChI is InChI=1S/C14H13Cl2N5.ClH/c15-9-3-1-5-11(7-9)19-13(17)21-14(18)20-12-6-2-4-10(16)8-12;/h1-8H,(H5,17,18,19,20,21);1H. The summed E-state index contributed by atoms with van der Waals surface area (Å²) in [6, 6.07) is 14.0. The number of anilines is 1. The van der Waals surface area contributed by atoms with E-state index in [4.69, 9.17) is 34.7 Å². The van der Waals surface area contributed by atoms with E-state index in [1.807, 2.05) is 0 Å². The molecular weight excluding hydrogens is 345 g/mol. The Bertz CT molecular complexity index is 700. The molecule has 0 saturated carbocycles. The van der Waals surface area contributed by atoms with Crippen LogP contribution in [0, 0.1) is 0 Å². The van der Waals surface area contributed by atoms with Gasteiger partial charge < -0.3 is 16.8 Å². The van der Waals surface area contributed by atoms with Gasteiger partial charge in [-0.15, -0.1) is 12.4 Å². The van der Waals surface area contributed by atoms with Gasteiger partial charge in [0.2, 0.25) is 11.9 Å². The molecule has 0 spiro atoms. The number of benzene rings is 2. The van der Waals surface area contributed by atoms with Gasteiger partial charge in [0.1, 0.15) is 0 Å². The molecule has 0 unspecified atom stereocenters. The maximum Gasteiger partial charge on any atom is 0.223 e. The lowest BCUT2D eigenvalue weighted by Crippen LogP contribution is -2.26. The summed E-state index contributed by atoms with van der Waals surface area (Å²) in [6.45, 7) is 0. The van der Waals surface area contributed by atoms with Crippen molar-refractivity contribution in [2.75, 3.05) is 5.32 Å². The van der Waals surface area contributed by atoms with Crippen LogP contribution >= 0.6 is 35.6 Å². The first kappa shape index (κ1) is 18.1. The van der Waals surface area contributed by atoms with Gasteiger partial charge >= 0.3 is 0 Å². The van der Waals surface area contributed by atoms with Crippen LogP contribution in [0.25, 0.3) is 0 Å². The normalized spacial score (nSPS) is 11.7. The predicted octanol–water partition coefficient (Wildman–Crippen LogP) is 3.79. The van der Waals surface area contributed by atoms with Crippen molar-refractivity contribution in [2.24, 2.45) is 21.5 Å². The van der Waals surface area contributed by atoms with E-state index in [0.29, 0.717) is 21.4 Å². The number of halogens is 3. The molecule has 0 heterocycles. The average Bonchev–Trinajstić information content (AvgIpc) is 2.38. The van der Waals surface area contributed by atoms with Crippen molar-refractivity contribution >= 4 is 58.9 Å². The third kappa shape index (κ3) is 5.81. The summed E-state index contributed by atoms with van der Waals surface area (Å²) < 4.78 is 0. The SMILES string of the molecule is Cl.NC(=Nc1cccc(Cl)c1)N=C(N)Nc1cccc(Cl)c1. The van der Waals surface area contributed by atoms with Crippen molar-refractivity contribution in [2.45, 2.75) is 0 Å². The highest BCUT2D eigenvalue weighted by molar-refractivity contribution is 6.31. The van der Waals surface area contributed by atoms with Crippen LogP contribution in [0.15, 0.2) is 58.5 Å². The molecule has 0 aliphatic carbocycles. The molecule has 2 rings (SSSR count). The van der Waals surface area contributed by atoms with E-state index in [1.54, 1.807) is 48.5 Å². The summed E-state index contributed by atoms with van der Waals surface area (Å²) >= 11 is 11.7. The highest BCUT2D eigenvalue weighted by Gasteiger charge is 1.98. The van der Waals surface area contributed by atoms with Gasteiger partial charge in [-0.3, -0.25) is 0 Å². The molecular formula is C14H14Cl3N5. The van der Waals surface area contributed by atoms with Gasteiger partial charge in [0.05, 0.1) is 5.69 Å². The number of nitrogens with two attached hydrogens (primary N) is 2. The monoisotopic (exact) mass is 357 g/mol. The molecule has 0 aliphatic rings. The van der Waals surface area contributed by atoms with Crippen LogP contribution < -0.4 is 16.8 Å². The molecule has 0 aliphatic heterocycles. The number of nitrogens with one attached hydrogen (secondary N) is 1. The van der Waals surface area contributed by atoms with Gasteiger partial charge in [-0.1, -0.05) is 35.3 Å². The Kier molecular flexibility index (Phi) is 6.98. The van der Waals surface area contributed by atoms with Gasteiger partial charge in [-0.2, -0.15) is 4.99 Å². The van der Waals surface area contributed by atoms with Crippen LogP contribution in [-0.4, -0.2) is 11.9 Å². The zero-order valence-electron chi connectivity index (χ0n) is 11.3. The lowest BCUT2D eigenvalue weighted by Gasteiger charge is -2.05. The molecule has 5 nitrogen and oxygen atoms in total. The Hall–Kier alpha value is -1.95. The van der Waals surface area contributed by atoms with Crippen LogP contribution in [0.3, 0.4) is 0 Å². The summed E-state index contributed by atoms with van der Waals surface area (Å²) in [4.78, 5) is 8.05. The second-order valence-electron chi connectivity index (χ2n) is 4.08. The summed E-state index contributed by atoms with van der Waals surface area (Å²) in [6.07, 6.45) is 0. The summed E-state index contributed by atoms with van der Waals surface area (Å²) in [5, 5.41) is 4.03. The number of hydrogen-bond donors (Lipinski definition) is 3. The lowest BCUT2D eigenvalue weighted by atomic mass is 10.3. The maximum atomic E-state index is 5.87. The first-order valence-corrected chi connectivity index (χ1v) is 6.75. The number of nitrogens with zero attached hydrogens (tertiary/aromatic N) is 2. The van der Waals surface area contributed by atoms with Crippen LogP contribution in [0.4, 0.5) is 11.4 Å². The topological polar surface area (TPSA) is 88.8 Å². The van der Waals surface area contributed by atoms with E-state index in [9.17, 15) is 0 Å². The third-order valence-electron chi connectivity index (χ3n) is 2.38. The van der Waals surface area contributed by atoms with Gasteiger partial charge in [0.25, 0.3) is 0 Å². The fraction of sp³-hybridized carbons (Fsp3) is 0. The first-order chi connectivity index (χ1) is 10.0. The Morgan fingerprint density at radius 2 is 1.59 bits per heavy atom. The maximum absolute atomic E-state index is 5.87. The van der Waals surface area contributed by atoms with Crippen LogP contribution in [0.1, 0.15) is 0 Å². The number of hydrogen-bond acceptors (Lipinski definition) is 1. The molecule has 0 saturated heterocycles. The molecule has 0 fully saturated rings. The molecule has 0 aromatic heterocycles. The van der Waals surface area contributed by atoms with Gasteiger partial charge in [-0.25, -0.2) is 4.99 Å². The Morgan fingerprint density at radius 3 is 2.23 bits per heavy atom. The summed E-state index contributed by atoms with van der Waals surface area (Å²) in [7, 11) is 0. The minimum atomic E-state index is 0. The fourth-order valence-electron chi connectivity index (χ4n) is 1.57. The fourth-order valence-corrected chi connectivity index (χ4v) is 1.94. The van der Waals surface area contributed by atoms with Crippen LogP contribution in [-0.2, 0) is 0 Å². The van der Waals surface area contributed by atoms with E-state index in [0.717, 1.165) is 0 Å². The van der Waals surface area contributed by atoms with Crippen molar-refractivity contribution in [1.29, 1.82) is 0 Å². The highest BCUT2D eigenvalue weighted by atomic mass is 35.5. The molecule has 0 radical (unpaired) electrons. The largest absolute Gasteiger partial charge is 0.369 e. The Labute approximate surface area is 144 Å². The molecule has 2 aromatic rings. The summed E-state index contributed by atoms with van der Waals surface area (Å²) in [5.74, 6) is 0.129. The summed E-state index contributed by atoms with van der Waals surface area (Å²) in [5.41, 5.74) is 12.8. The second-order valence-corrected chi connectivity index (χ2v) is 4.96. The molecule has 0 atom stereocenters. The van der Waals surface area contributed by atoms with Crippen LogP contribution in [0.5, 0.6) is 0 Å². The molecule has 0 amide bonds. The highest BCUT2D eigenvalue weighted by Crippen LogP contribution is 2.18. The van der Waals surface area contributed by atoms with E-state index < -0.39 is 0 Å². The van der Waals surface area contributed by atoms with Crippen molar-refractivity contribution in [3.05, 3.63) is 58.6 Å². The van der Waals surface area contributed by atoms with Gasteiger partial charge in [0, 0.05) is 15.7 Å². The number of rotatable bonds is 2. The lowest BCUT2D eigenvalue weighted by molar-refractivity contribution is 1.39. The smallest absolute Gasteiger partial charge is 0.223 e. The number of aliphatic imine (C=N–C) groups is 2.